The average molecular weight is 532 g/mol. The Hall–Kier alpha value is -0.590. The van der Waals surface area contributed by atoms with Gasteiger partial charge in [-0.05, 0) is 57.2 Å². The van der Waals surface area contributed by atoms with Gasteiger partial charge in [0.25, 0.3) is 0 Å². The molecule has 0 saturated carbocycles. The van der Waals surface area contributed by atoms with Gasteiger partial charge in [-0.15, -0.1) is 35.7 Å². The van der Waals surface area contributed by atoms with E-state index < -0.39 is 15.6 Å². The van der Waals surface area contributed by atoms with Crippen LogP contribution in [0.2, 0.25) is 0 Å². The van der Waals surface area contributed by atoms with Gasteiger partial charge < -0.3 is 10.6 Å². The first-order valence-electron chi connectivity index (χ1n) is 8.51. The summed E-state index contributed by atoms with van der Waals surface area (Å²) in [5, 5.41) is 6.39. The maximum atomic E-state index is 12.9. The third-order valence-electron chi connectivity index (χ3n) is 3.13. The van der Waals surface area contributed by atoms with Crippen molar-refractivity contribution in [3.63, 3.8) is 0 Å². The zero-order chi connectivity index (χ0) is 19.6. The van der Waals surface area contributed by atoms with Crippen LogP contribution in [0.15, 0.2) is 34.2 Å². The first-order chi connectivity index (χ1) is 12.1. The number of benzene rings is 1. The minimum absolute atomic E-state index is 0. The van der Waals surface area contributed by atoms with Crippen molar-refractivity contribution in [2.45, 2.75) is 37.6 Å². The minimum atomic E-state index is -3.28. The summed E-state index contributed by atoms with van der Waals surface area (Å²) in [6, 6.07) is 6.47. The predicted molar refractivity (Wildman–Crippen MR) is 123 cm³/mol. The molecule has 1 rings (SSSR count). The molecule has 0 fully saturated rings. The van der Waals surface area contributed by atoms with Crippen LogP contribution in [0.25, 0.3) is 0 Å². The fourth-order valence-corrected chi connectivity index (χ4v) is 4.07. The van der Waals surface area contributed by atoms with E-state index in [1.54, 1.807) is 37.7 Å². The summed E-state index contributed by atoms with van der Waals surface area (Å²) in [6.45, 7) is 7.33. The lowest BCUT2D eigenvalue weighted by atomic mass is 10.1. The van der Waals surface area contributed by atoms with E-state index in [9.17, 15) is 12.8 Å². The van der Waals surface area contributed by atoms with Gasteiger partial charge in [0, 0.05) is 23.5 Å². The molecule has 0 saturated heterocycles. The summed E-state index contributed by atoms with van der Waals surface area (Å²) in [4.78, 5) is 5.50. The van der Waals surface area contributed by atoms with Crippen LogP contribution in [0, 0.1) is 5.82 Å². The van der Waals surface area contributed by atoms with Gasteiger partial charge in [-0.1, -0.05) is 0 Å². The maximum Gasteiger partial charge on any atom is 0.209 e. The number of halogens is 2. The Kier molecular flexibility index (Phi) is 12.5. The molecule has 1 aromatic carbocycles. The molecular weight excluding hydrogens is 502 g/mol. The number of sulfonamides is 1. The highest BCUT2D eigenvalue weighted by atomic mass is 127. The molecule has 0 aromatic heterocycles. The molecule has 0 amide bonds. The van der Waals surface area contributed by atoms with E-state index in [-0.39, 0.29) is 29.8 Å². The highest BCUT2D eigenvalue weighted by Crippen LogP contribution is 2.18. The first kappa shape index (κ1) is 26.4. The largest absolute Gasteiger partial charge is 0.357 e. The lowest BCUT2D eigenvalue weighted by molar-refractivity contribution is 0.464. The fourth-order valence-electron chi connectivity index (χ4n) is 2.15. The van der Waals surface area contributed by atoms with Gasteiger partial charge in [-0.2, -0.15) is 0 Å². The first-order valence-corrected chi connectivity index (χ1v) is 11.4. The van der Waals surface area contributed by atoms with Crippen LogP contribution in [0.1, 0.15) is 27.2 Å². The van der Waals surface area contributed by atoms with E-state index in [0.29, 0.717) is 12.5 Å². The summed E-state index contributed by atoms with van der Waals surface area (Å²) in [6.07, 6.45) is 2.05. The zero-order valence-electron chi connectivity index (χ0n) is 16.2. The minimum Gasteiger partial charge on any atom is -0.357 e. The number of nitrogens with one attached hydrogen (secondary N) is 3. The van der Waals surface area contributed by atoms with Crippen LogP contribution in [-0.2, 0) is 10.0 Å². The SMILES string of the molecule is CCNC(=NCC(C)(C)NS(C)(=O)=O)NCCCSc1ccc(F)cc1.I. The second kappa shape index (κ2) is 12.8. The lowest BCUT2D eigenvalue weighted by Crippen LogP contribution is -2.46. The molecule has 1 aromatic rings. The molecule has 10 heteroatoms. The van der Waals surface area contributed by atoms with Gasteiger partial charge in [0.05, 0.1) is 12.8 Å². The topological polar surface area (TPSA) is 82.6 Å². The molecule has 0 aliphatic heterocycles. The van der Waals surface area contributed by atoms with Crippen molar-refractivity contribution < 1.29 is 12.8 Å². The van der Waals surface area contributed by atoms with Crippen LogP contribution in [0.5, 0.6) is 0 Å². The maximum absolute atomic E-state index is 12.9. The van der Waals surface area contributed by atoms with E-state index in [2.05, 4.69) is 20.3 Å². The third kappa shape index (κ3) is 13.3. The monoisotopic (exact) mass is 532 g/mol. The van der Waals surface area contributed by atoms with Crippen molar-refractivity contribution in [2.24, 2.45) is 4.99 Å². The van der Waals surface area contributed by atoms with Gasteiger partial charge in [0.15, 0.2) is 5.96 Å². The Morgan fingerprint density at radius 1 is 1.22 bits per heavy atom. The smallest absolute Gasteiger partial charge is 0.209 e. The normalized spacial score (nSPS) is 12.4. The number of guanidine groups is 1. The highest BCUT2D eigenvalue weighted by Gasteiger charge is 2.21. The number of nitrogens with zero attached hydrogens (tertiary/aromatic N) is 1. The van der Waals surface area contributed by atoms with Crippen molar-refractivity contribution in [3.05, 3.63) is 30.1 Å². The second-order valence-corrected chi connectivity index (χ2v) is 9.45. The van der Waals surface area contributed by atoms with Crippen LogP contribution in [-0.4, -0.2) is 51.6 Å². The quantitative estimate of drug-likeness (QED) is 0.142. The molecule has 0 aliphatic rings. The van der Waals surface area contributed by atoms with Crippen molar-refractivity contribution in [3.8, 4) is 0 Å². The summed E-state index contributed by atoms with van der Waals surface area (Å²) in [5.41, 5.74) is -0.658. The third-order valence-corrected chi connectivity index (χ3v) is 5.16. The molecule has 0 bridgehead atoms. The number of thioether (sulfide) groups is 1. The standard InChI is InChI=1S/C17H29FN4O2S2.HI/c1-5-19-16(21-13-17(2,3)22-26(4,23)24)20-11-6-12-25-15-9-7-14(18)8-10-15;/h7-10,22H,5-6,11-13H2,1-4H3,(H2,19,20,21);1H. The highest BCUT2D eigenvalue weighted by molar-refractivity contribution is 14.0. The summed E-state index contributed by atoms with van der Waals surface area (Å²) >= 11 is 1.67. The number of aliphatic imine (C=N–C) groups is 1. The Labute approximate surface area is 183 Å². The molecule has 27 heavy (non-hydrogen) atoms. The molecule has 0 atom stereocenters. The van der Waals surface area contributed by atoms with Gasteiger partial charge in [0.1, 0.15) is 5.82 Å². The molecule has 6 nitrogen and oxygen atoms in total. The van der Waals surface area contributed by atoms with Gasteiger partial charge in [0.2, 0.25) is 10.0 Å². The average Bonchev–Trinajstić information content (AvgIpc) is 2.51. The van der Waals surface area contributed by atoms with Crippen LogP contribution in [0.4, 0.5) is 4.39 Å². The van der Waals surface area contributed by atoms with Crippen molar-refractivity contribution in [1.82, 2.24) is 15.4 Å². The van der Waals surface area contributed by atoms with E-state index in [1.807, 2.05) is 6.92 Å². The molecular formula is C17H30FIN4O2S2. The molecule has 3 N–H and O–H groups in total. The summed E-state index contributed by atoms with van der Waals surface area (Å²) in [5.74, 6) is 1.33. The molecule has 0 aliphatic carbocycles. The zero-order valence-corrected chi connectivity index (χ0v) is 20.2. The molecule has 0 heterocycles. The van der Waals surface area contributed by atoms with Crippen molar-refractivity contribution in [1.29, 1.82) is 0 Å². The summed E-state index contributed by atoms with van der Waals surface area (Å²) < 4.78 is 38.2. The van der Waals surface area contributed by atoms with Crippen LogP contribution < -0.4 is 15.4 Å². The molecule has 156 valence electrons. The van der Waals surface area contributed by atoms with Gasteiger partial charge in [-0.3, -0.25) is 4.99 Å². The Bertz CT molecular complexity index is 683. The number of hydrogen-bond donors (Lipinski definition) is 3. The summed E-state index contributed by atoms with van der Waals surface area (Å²) in [7, 11) is -3.28. The van der Waals surface area contributed by atoms with E-state index in [0.717, 1.165) is 36.4 Å². The van der Waals surface area contributed by atoms with Gasteiger partial charge >= 0.3 is 0 Å². The van der Waals surface area contributed by atoms with Crippen LogP contribution >= 0.6 is 35.7 Å². The number of rotatable bonds is 10. The Balaban J connectivity index is 0.00000676. The Morgan fingerprint density at radius 2 is 1.85 bits per heavy atom. The molecule has 0 spiro atoms. The lowest BCUT2D eigenvalue weighted by Gasteiger charge is -2.23. The van der Waals surface area contributed by atoms with E-state index in [4.69, 9.17) is 0 Å². The van der Waals surface area contributed by atoms with Crippen molar-refractivity contribution in [2.75, 3.05) is 31.6 Å². The fraction of sp³-hybridized carbons (Fsp3) is 0.588. The molecule has 0 unspecified atom stereocenters. The van der Waals surface area contributed by atoms with E-state index in [1.165, 1.54) is 12.1 Å². The molecule has 0 radical (unpaired) electrons. The van der Waals surface area contributed by atoms with Crippen molar-refractivity contribution >= 4 is 51.7 Å². The number of hydrogen-bond acceptors (Lipinski definition) is 4. The predicted octanol–water partition coefficient (Wildman–Crippen LogP) is 2.81. The van der Waals surface area contributed by atoms with E-state index >= 15 is 0 Å². The second-order valence-electron chi connectivity index (χ2n) is 6.54. The Morgan fingerprint density at radius 3 is 2.41 bits per heavy atom. The van der Waals surface area contributed by atoms with Gasteiger partial charge in [-0.25, -0.2) is 17.5 Å². The van der Waals surface area contributed by atoms with Crippen LogP contribution in [0.3, 0.4) is 0 Å².